The van der Waals surface area contributed by atoms with Crippen LogP contribution >= 0.6 is 0 Å². The minimum absolute atomic E-state index is 0.0339. The Morgan fingerprint density at radius 2 is 2.00 bits per heavy atom. The summed E-state index contributed by atoms with van der Waals surface area (Å²) in [6, 6.07) is 6.05. The Kier molecular flexibility index (Phi) is 6.21. The molecule has 1 aromatic carbocycles. The van der Waals surface area contributed by atoms with Gasteiger partial charge in [-0.15, -0.1) is 0 Å². The zero-order chi connectivity index (χ0) is 16.0. The van der Waals surface area contributed by atoms with Crippen molar-refractivity contribution in [1.82, 2.24) is 10.6 Å². The second-order valence-corrected chi connectivity index (χ2v) is 6.32. The second kappa shape index (κ2) is 7.46. The average molecular weight is 292 g/mol. The van der Waals surface area contributed by atoms with Crippen LogP contribution in [0.4, 0.5) is 0 Å². The van der Waals surface area contributed by atoms with Crippen molar-refractivity contribution in [3.05, 3.63) is 29.3 Å². The standard InChI is InChI=1S/C17H28N2O2/c1-7-18-16(20)13(3)21-15-12(2)9-8-10-14(15)11-19-17(4,5)6/h8-10,13,19H,7,11H2,1-6H3,(H,18,20). The van der Waals surface area contributed by atoms with Crippen LogP contribution in [-0.4, -0.2) is 24.1 Å². The van der Waals surface area contributed by atoms with Crippen molar-refractivity contribution < 1.29 is 9.53 Å². The zero-order valence-electron chi connectivity index (χ0n) is 14.0. The van der Waals surface area contributed by atoms with Crippen LogP contribution in [0.5, 0.6) is 5.75 Å². The molecule has 0 bridgehead atoms. The van der Waals surface area contributed by atoms with Crippen molar-refractivity contribution in [2.75, 3.05) is 6.54 Å². The minimum atomic E-state index is -0.501. The van der Waals surface area contributed by atoms with Crippen molar-refractivity contribution in [2.24, 2.45) is 0 Å². The van der Waals surface area contributed by atoms with E-state index in [1.165, 1.54) is 0 Å². The number of carbonyl (C=O) groups is 1. The largest absolute Gasteiger partial charge is 0.480 e. The number of ether oxygens (including phenoxy) is 1. The van der Waals surface area contributed by atoms with Gasteiger partial charge >= 0.3 is 0 Å². The van der Waals surface area contributed by atoms with Gasteiger partial charge in [-0.2, -0.15) is 0 Å². The molecule has 4 heteroatoms. The SMILES string of the molecule is CCNC(=O)C(C)Oc1c(C)cccc1CNC(C)(C)C. The van der Waals surface area contributed by atoms with E-state index in [2.05, 4.69) is 31.4 Å². The normalized spacial score (nSPS) is 12.9. The predicted molar refractivity (Wildman–Crippen MR) is 86.5 cm³/mol. The van der Waals surface area contributed by atoms with Gasteiger partial charge in [0.1, 0.15) is 5.75 Å². The van der Waals surface area contributed by atoms with Gasteiger partial charge in [-0.05, 0) is 47.1 Å². The molecular weight excluding hydrogens is 264 g/mol. The third-order valence-corrected chi connectivity index (χ3v) is 3.12. The fraction of sp³-hybridized carbons (Fsp3) is 0.588. The second-order valence-electron chi connectivity index (χ2n) is 6.32. The quantitative estimate of drug-likeness (QED) is 0.847. The van der Waals surface area contributed by atoms with Crippen LogP contribution in [0.3, 0.4) is 0 Å². The molecule has 1 aromatic rings. The zero-order valence-corrected chi connectivity index (χ0v) is 14.0. The molecule has 0 aliphatic carbocycles. The highest BCUT2D eigenvalue weighted by molar-refractivity contribution is 5.80. The van der Waals surface area contributed by atoms with Crippen LogP contribution in [0.25, 0.3) is 0 Å². The van der Waals surface area contributed by atoms with Gasteiger partial charge in [0, 0.05) is 24.2 Å². The maximum Gasteiger partial charge on any atom is 0.260 e. The van der Waals surface area contributed by atoms with Crippen molar-refractivity contribution in [2.45, 2.75) is 59.7 Å². The van der Waals surface area contributed by atoms with Crippen LogP contribution in [0, 0.1) is 6.92 Å². The number of benzene rings is 1. The first-order valence-electron chi connectivity index (χ1n) is 7.52. The molecule has 0 aromatic heterocycles. The first-order chi connectivity index (χ1) is 9.74. The summed E-state index contributed by atoms with van der Waals surface area (Å²) in [6.07, 6.45) is -0.501. The van der Waals surface area contributed by atoms with Crippen LogP contribution in [-0.2, 0) is 11.3 Å². The lowest BCUT2D eigenvalue weighted by Crippen LogP contribution is -2.37. The van der Waals surface area contributed by atoms with E-state index in [0.29, 0.717) is 13.1 Å². The summed E-state index contributed by atoms with van der Waals surface area (Å²) in [6.45, 7) is 13.4. The van der Waals surface area contributed by atoms with Gasteiger partial charge in [0.2, 0.25) is 0 Å². The lowest BCUT2D eigenvalue weighted by atomic mass is 10.1. The molecule has 0 saturated carbocycles. The Balaban J connectivity index is 2.87. The highest BCUT2D eigenvalue weighted by atomic mass is 16.5. The molecule has 1 rings (SSSR count). The molecule has 0 aliphatic heterocycles. The molecule has 0 aliphatic rings. The Morgan fingerprint density at radius 1 is 1.33 bits per heavy atom. The lowest BCUT2D eigenvalue weighted by Gasteiger charge is -2.23. The van der Waals surface area contributed by atoms with Crippen molar-refractivity contribution in [1.29, 1.82) is 0 Å². The van der Waals surface area contributed by atoms with E-state index < -0.39 is 6.10 Å². The summed E-state index contributed by atoms with van der Waals surface area (Å²) in [7, 11) is 0. The van der Waals surface area contributed by atoms with Crippen LogP contribution in [0.2, 0.25) is 0 Å². The van der Waals surface area contributed by atoms with Gasteiger partial charge in [-0.25, -0.2) is 0 Å². The number of rotatable bonds is 6. The predicted octanol–water partition coefficient (Wildman–Crippen LogP) is 2.79. The molecular formula is C17H28N2O2. The molecule has 2 N–H and O–H groups in total. The van der Waals surface area contributed by atoms with Gasteiger partial charge in [0.25, 0.3) is 5.91 Å². The Morgan fingerprint density at radius 3 is 2.57 bits per heavy atom. The minimum Gasteiger partial charge on any atom is -0.480 e. The summed E-state index contributed by atoms with van der Waals surface area (Å²) in [4.78, 5) is 11.8. The van der Waals surface area contributed by atoms with Gasteiger partial charge in [0.05, 0.1) is 0 Å². The maximum atomic E-state index is 11.8. The van der Waals surface area contributed by atoms with Gasteiger partial charge in [-0.3, -0.25) is 4.79 Å². The number of hydrogen-bond donors (Lipinski definition) is 2. The van der Waals surface area contributed by atoms with Crippen LogP contribution in [0.15, 0.2) is 18.2 Å². The number of para-hydroxylation sites is 1. The number of likely N-dealkylation sites (N-methyl/N-ethyl adjacent to an activating group) is 1. The molecule has 21 heavy (non-hydrogen) atoms. The Hall–Kier alpha value is -1.55. The first-order valence-corrected chi connectivity index (χ1v) is 7.52. The summed E-state index contributed by atoms with van der Waals surface area (Å²) in [5.74, 6) is 0.712. The smallest absolute Gasteiger partial charge is 0.260 e. The van der Waals surface area contributed by atoms with Crippen LogP contribution in [0.1, 0.15) is 45.7 Å². The fourth-order valence-electron chi connectivity index (χ4n) is 1.93. The number of carbonyl (C=O) groups excluding carboxylic acids is 1. The fourth-order valence-corrected chi connectivity index (χ4v) is 1.93. The molecule has 0 heterocycles. The van der Waals surface area contributed by atoms with Crippen molar-refractivity contribution in [3.8, 4) is 5.75 Å². The molecule has 1 atom stereocenters. The summed E-state index contributed by atoms with van der Waals surface area (Å²) in [5, 5.41) is 6.23. The average Bonchev–Trinajstić information content (AvgIpc) is 2.38. The molecule has 1 amide bonds. The van der Waals surface area contributed by atoms with Gasteiger partial charge < -0.3 is 15.4 Å². The van der Waals surface area contributed by atoms with Gasteiger partial charge in [0.15, 0.2) is 6.10 Å². The number of amides is 1. The maximum absolute atomic E-state index is 11.8. The Bertz CT molecular complexity index is 478. The van der Waals surface area contributed by atoms with Crippen molar-refractivity contribution >= 4 is 5.91 Å². The molecule has 0 spiro atoms. The van der Waals surface area contributed by atoms with E-state index in [0.717, 1.165) is 16.9 Å². The number of hydrogen-bond acceptors (Lipinski definition) is 3. The summed E-state index contributed by atoms with van der Waals surface area (Å²) >= 11 is 0. The number of nitrogens with one attached hydrogen (secondary N) is 2. The van der Waals surface area contributed by atoms with E-state index in [4.69, 9.17) is 4.74 Å². The van der Waals surface area contributed by atoms with Crippen molar-refractivity contribution in [3.63, 3.8) is 0 Å². The molecule has 0 fully saturated rings. The molecule has 1 unspecified atom stereocenters. The monoisotopic (exact) mass is 292 g/mol. The Labute approximate surface area is 128 Å². The highest BCUT2D eigenvalue weighted by Crippen LogP contribution is 2.25. The molecule has 118 valence electrons. The summed E-state index contributed by atoms with van der Waals surface area (Å²) in [5.41, 5.74) is 2.15. The van der Waals surface area contributed by atoms with Crippen LogP contribution < -0.4 is 15.4 Å². The highest BCUT2D eigenvalue weighted by Gasteiger charge is 2.18. The lowest BCUT2D eigenvalue weighted by molar-refractivity contribution is -0.127. The van der Waals surface area contributed by atoms with E-state index >= 15 is 0 Å². The van der Waals surface area contributed by atoms with E-state index in [1.807, 2.05) is 32.0 Å². The molecule has 0 saturated heterocycles. The van der Waals surface area contributed by atoms with E-state index in [9.17, 15) is 4.79 Å². The number of aryl methyl sites for hydroxylation is 1. The third-order valence-electron chi connectivity index (χ3n) is 3.12. The van der Waals surface area contributed by atoms with E-state index in [1.54, 1.807) is 6.92 Å². The van der Waals surface area contributed by atoms with E-state index in [-0.39, 0.29) is 11.4 Å². The molecule has 0 radical (unpaired) electrons. The third kappa shape index (κ3) is 5.76. The van der Waals surface area contributed by atoms with Gasteiger partial charge in [-0.1, -0.05) is 18.2 Å². The topological polar surface area (TPSA) is 50.4 Å². The molecule has 4 nitrogen and oxygen atoms in total. The first kappa shape index (κ1) is 17.5. The summed E-state index contributed by atoms with van der Waals surface area (Å²) < 4.78 is 5.90.